The molecule has 0 unspecified atom stereocenters. The number of nitro groups is 1. The van der Waals surface area contributed by atoms with Crippen LogP contribution in [0.4, 0.5) is 0 Å². The summed E-state index contributed by atoms with van der Waals surface area (Å²) >= 11 is 0. The molecule has 0 bridgehead atoms. The van der Waals surface area contributed by atoms with Gasteiger partial charge in [0.05, 0.1) is 4.92 Å². The first-order chi connectivity index (χ1) is 5.11. The second-order valence-electron chi connectivity index (χ2n) is 2.05. The van der Waals surface area contributed by atoms with E-state index in [4.69, 9.17) is 0 Å². The van der Waals surface area contributed by atoms with E-state index in [1.807, 2.05) is 0 Å². The molecule has 1 aliphatic rings. The van der Waals surface area contributed by atoms with Crippen molar-refractivity contribution in [1.29, 1.82) is 0 Å². The van der Waals surface area contributed by atoms with E-state index < -0.39 is 16.5 Å². The molecule has 0 aromatic rings. The lowest BCUT2D eigenvalue weighted by atomic mass is 10.1. The van der Waals surface area contributed by atoms with Crippen LogP contribution in [0.3, 0.4) is 0 Å². The number of hydrogen-bond donors (Lipinski definition) is 0. The summed E-state index contributed by atoms with van der Waals surface area (Å²) in [4.78, 5) is 20.0. The van der Waals surface area contributed by atoms with Crippen LogP contribution in [0.2, 0.25) is 0 Å². The zero-order valence-corrected chi connectivity index (χ0v) is 5.44. The van der Waals surface area contributed by atoms with Gasteiger partial charge >= 0.3 is 0 Å². The Balaban J connectivity index is 2.90. The molecule has 5 heteroatoms. The van der Waals surface area contributed by atoms with Crippen LogP contribution in [0.1, 0.15) is 6.42 Å². The van der Waals surface area contributed by atoms with Crippen molar-refractivity contribution < 1.29 is 14.8 Å². The van der Waals surface area contributed by atoms with Crippen molar-refractivity contribution in [2.45, 2.75) is 6.42 Å². The minimum absolute atomic E-state index is 0.227. The minimum atomic E-state index is -0.723. The highest BCUT2D eigenvalue weighted by molar-refractivity contribution is 5.95. The summed E-state index contributed by atoms with van der Waals surface area (Å²) in [6.45, 7) is 0. The van der Waals surface area contributed by atoms with Crippen molar-refractivity contribution in [1.82, 2.24) is 0 Å². The van der Waals surface area contributed by atoms with Gasteiger partial charge < -0.3 is 0 Å². The van der Waals surface area contributed by atoms with Crippen LogP contribution >= 0.6 is 0 Å². The molecule has 0 heterocycles. The van der Waals surface area contributed by atoms with Gasteiger partial charge in [-0.25, -0.2) is 0 Å². The zero-order chi connectivity index (χ0) is 8.43. The van der Waals surface area contributed by atoms with Gasteiger partial charge in [0.15, 0.2) is 0 Å². The first kappa shape index (κ1) is 7.46. The summed E-state index contributed by atoms with van der Waals surface area (Å²) in [5.74, 6) is -1.39. The van der Waals surface area contributed by atoms with Gasteiger partial charge in [0.25, 0.3) is 5.70 Å². The summed E-state index contributed by atoms with van der Waals surface area (Å²) < 4.78 is 0. The highest BCUT2D eigenvalue weighted by atomic mass is 16.6. The van der Waals surface area contributed by atoms with E-state index in [-0.39, 0.29) is 12.1 Å². The van der Waals surface area contributed by atoms with Crippen molar-refractivity contribution >= 4 is 5.78 Å². The zero-order valence-electron chi connectivity index (χ0n) is 5.44. The smallest absolute Gasteiger partial charge is 0.254 e. The highest BCUT2D eigenvalue weighted by Crippen LogP contribution is 2.13. The second kappa shape index (κ2) is 2.53. The first-order valence-corrected chi connectivity index (χ1v) is 2.86. The van der Waals surface area contributed by atoms with Crippen molar-refractivity contribution in [3.05, 3.63) is 33.7 Å². The fourth-order valence-electron chi connectivity index (χ4n) is 0.701. The maximum absolute atomic E-state index is 10.6. The molecule has 0 fully saturated rings. The number of carbonyl (C=O) groups is 1. The lowest BCUT2D eigenvalue weighted by Crippen LogP contribution is -2.11. The third-order valence-corrected chi connectivity index (χ3v) is 1.28. The third-order valence-electron chi connectivity index (χ3n) is 1.28. The average molecular weight is 154 g/mol. The quantitative estimate of drug-likeness (QED) is 0.405. The van der Waals surface area contributed by atoms with Crippen molar-refractivity contribution in [3.8, 4) is 0 Å². The Kier molecular flexibility index (Phi) is 1.72. The van der Waals surface area contributed by atoms with Crippen LogP contribution in [-0.4, -0.2) is 10.7 Å². The number of Topliss-reactive ketones (excluding diaryl/α,β-unsaturated/α-hetero) is 1. The van der Waals surface area contributed by atoms with Crippen molar-refractivity contribution in [3.63, 3.8) is 0 Å². The molecular formula is C6H4NO4. The number of hydrogen-bond acceptors (Lipinski definition) is 3. The Morgan fingerprint density at radius 1 is 1.45 bits per heavy atom. The number of ketones is 1. The number of carbonyl (C=O) groups excluding carboxylic acids is 1. The van der Waals surface area contributed by atoms with Crippen molar-refractivity contribution in [2.24, 2.45) is 0 Å². The molecule has 1 aliphatic carbocycles. The standard InChI is InChI=1S/C6H4NO4/c8-5-2-1-4(7(10)11)3-6(5)9/h1-2H,3H2. The first-order valence-electron chi connectivity index (χ1n) is 2.86. The van der Waals surface area contributed by atoms with Gasteiger partial charge in [0.1, 0.15) is 6.42 Å². The van der Waals surface area contributed by atoms with Crippen LogP contribution in [-0.2, 0) is 9.90 Å². The molecule has 57 valence electrons. The van der Waals surface area contributed by atoms with E-state index in [0.29, 0.717) is 0 Å². The molecule has 0 aliphatic heterocycles. The van der Waals surface area contributed by atoms with Gasteiger partial charge in [0, 0.05) is 6.08 Å². The maximum Gasteiger partial charge on any atom is 0.254 e. The fourth-order valence-corrected chi connectivity index (χ4v) is 0.701. The molecule has 0 spiro atoms. The summed E-state index contributed by atoms with van der Waals surface area (Å²) in [6.07, 6.45) is 1.59. The third kappa shape index (κ3) is 1.43. The predicted molar refractivity (Wildman–Crippen MR) is 33.5 cm³/mol. The van der Waals surface area contributed by atoms with E-state index in [2.05, 4.69) is 0 Å². The normalized spacial score (nSPS) is 17.3. The van der Waals surface area contributed by atoms with Gasteiger partial charge in [-0.1, -0.05) is 0 Å². The molecule has 0 atom stereocenters. The van der Waals surface area contributed by atoms with Crippen molar-refractivity contribution in [2.75, 3.05) is 0 Å². The number of allylic oxidation sites excluding steroid dienone is 4. The molecule has 0 saturated heterocycles. The van der Waals surface area contributed by atoms with Gasteiger partial charge in [-0.3, -0.25) is 20.0 Å². The second-order valence-corrected chi connectivity index (χ2v) is 2.05. The van der Waals surface area contributed by atoms with Gasteiger partial charge in [-0.15, -0.1) is 0 Å². The van der Waals surface area contributed by atoms with E-state index in [1.54, 1.807) is 0 Å². The monoisotopic (exact) mass is 154 g/mol. The minimum Gasteiger partial charge on any atom is -0.290 e. The van der Waals surface area contributed by atoms with E-state index in [1.165, 1.54) is 0 Å². The molecule has 1 radical (unpaired) electrons. The highest BCUT2D eigenvalue weighted by Gasteiger charge is 2.23. The molecule has 11 heavy (non-hydrogen) atoms. The summed E-state index contributed by atoms with van der Waals surface area (Å²) in [5, 5.41) is 20.6. The Morgan fingerprint density at radius 3 is 2.55 bits per heavy atom. The SMILES string of the molecule is [O]C1=CC=C([N+](=O)[O-])CC1=O. The number of nitrogens with zero attached hydrogens (tertiary/aromatic N) is 1. The fraction of sp³-hybridized carbons (Fsp3) is 0.167. The summed E-state index contributed by atoms with van der Waals surface area (Å²) in [5.41, 5.74) is -0.227. The van der Waals surface area contributed by atoms with Crippen LogP contribution in [0.15, 0.2) is 23.6 Å². The Hall–Kier alpha value is -1.65. The van der Waals surface area contributed by atoms with Crippen LogP contribution in [0, 0.1) is 10.1 Å². The van der Waals surface area contributed by atoms with Crippen LogP contribution in [0.5, 0.6) is 0 Å². The van der Waals surface area contributed by atoms with E-state index >= 15 is 0 Å². The largest absolute Gasteiger partial charge is 0.290 e. The summed E-state index contributed by atoms with van der Waals surface area (Å²) in [7, 11) is 0. The molecule has 0 aromatic carbocycles. The topological polar surface area (TPSA) is 80.1 Å². The number of rotatable bonds is 1. The molecule has 1 rings (SSSR count). The Bertz CT molecular complexity index is 276. The lowest BCUT2D eigenvalue weighted by Gasteiger charge is -1.99. The van der Waals surface area contributed by atoms with Gasteiger partial charge in [-0.2, -0.15) is 0 Å². The Morgan fingerprint density at radius 2 is 2.09 bits per heavy atom. The average Bonchev–Trinajstić information content (AvgIpc) is 1.94. The molecule has 0 N–H and O–H groups in total. The van der Waals surface area contributed by atoms with E-state index in [9.17, 15) is 20.0 Å². The van der Waals surface area contributed by atoms with Gasteiger partial charge in [-0.05, 0) is 6.08 Å². The molecule has 0 saturated carbocycles. The van der Waals surface area contributed by atoms with Crippen LogP contribution in [0.25, 0.3) is 0 Å². The van der Waals surface area contributed by atoms with Crippen LogP contribution < -0.4 is 0 Å². The Labute approximate surface area is 61.8 Å². The lowest BCUT2D eigenvalue weighted by molar-refractivity contribution is -0.426. The predicted octanol–water partition coefficient (Wildman–Crippen LogP) is 0.434. The molecule has 5 nitrogen and oxygen atoms in total. The molecule has 0 amide bonds. The molecule has 0 aromatic heterocycles. The van der Waals surface area contributed by atoms with E-state index in [0.717, 1.165) is 12.2 Å². The maximum atomic E-state index is 10.6. The summed E-state index contributed by atoms with van der Waals surface area (Å²) in [6, 6.07) is 0. The van der Waals surface area contributed by atoms with Gasteiger partial charge in [0.2, 0.25) is 11.5 Å². The molecular weight excluding hydrogens is 150 g/mol.